The Balaban J connectivity index is 2.76. The van der Waals surface area contributed by atoms with Crippen molar-refractivity contribution in [1.82, 2.24) is 0 Å². The van der Waals surface area contributed by atoms with Crippen LogP contribution in [-0.2, 0) is 19.1 Å². The van der Waals surface area contributed by atoms with Gasteiger partial charge >= 0.3 is 5.97 Å². The molecule has 0 heterocycles. The van der Waals surface area contributed by atoms with Crippen molar-refractivity contribution < 1.29 is 19.1 Å². The van der Waals surface area contributed by atoms with E-state index in [2.05, 4.69) is 0 Å². The van der Waals surface area contributed by atoms with E-state index in [1.807, 2.05) is 6.92 Å². The third kappa shape index (κ3) is 2.08. The number of carbonyl (C=O) groups excluding carboxylic acids is 3. The Kier molecular flexibility index (Phi) is 3.61. The summed E-state index contributed by atoms with van der Waals surface area (Å²) in [6.07, 6.45) is 1.09. The maximum Gasteiger partial charge on any atom is 0.320 e. The number of hydrogen-bond acceptors (Lipinski definition) is 4. The molecule has 0 amide bonds. The monoisotopic (exact) mass is 212 g/mol. The third-order valence-corrected chi connectivity index (χ3v) is 2.67. The zero-order valence-electron chi connectivity index (χ0n) is 9.17. The van der Waals surface area contributed by atoms with Crippen molar-refractivity contribution in [3.05, 3.63) is 0 Å². The quantitative estimate of drug-likeness (QED) is 0.508. The van der Waals surface area contributed by atoms with Crippen molar-refractivity contribution >= 4 is 17.5 Å². The van der Waals surface area contributed by atoms with Crippen LogP contribution in [0, 0.1) is 5.41 Å². The maximum atomic E-state index is 11.8. The standard InChI is InChI=1S/C11H16O4/c1-3-5-9(13)11(6-8(12)7-11)10(14)15-4-2/h3-7H2,1-2H3. The Labute approximate surface area is 89.0 Å². The molecule has 4 heteroatoms. The summed E-state index contributed by atoms with van der Waals surface area (Å²) in [5, 5.41) is 0. The Bertz CT molecular complexity index is 265. The Morgan fingerprint density at radius 3 is 2.33 bits per heavy atom. The lowest BCUT2D eigenvalue weighted by Gasteiger charge is -2.36. The zero-order chi connectivity index (χ0) is 11.5. The summed E-state index contributed by atoms with van der Waals surface area (Å²) in [5.74, 6) is -0.710. The SMILES string of the molecule is CCCC(=O)C1(C(=O)OCC)CC(=O)C1. The predicted molar refractivity (Wildman–Crippen MR) is 53.2 cm³/mol. The van der Waals surface area contributed by atoms with Crippen LogP contribution in [0.3, 0.4) is 0 Å². The minimum atomic E-state index is -1.14. The molecule has 4 nitrogen and oxygen atoms in total. The molecular formula is C11H16O4. The van der Waals surface area contributed by atoms with Crippen molar-refractivity contribution in [2.45, 2.75) is 39.5 Å². The minimum absolute atomic E-state index is 0.0324. The van der Waals surface area contributed by atoms with Crippen molar-refractivity contribution in [2.24, 2.45) is 5.41 Å². The first-order valence-electron chi connectivity index (χ1n) is 5.29. The highest BCUT2D eigenvalue weighted by atomic mass is 16.5. The summed E-state index contributed by atoms with van der Waals surface area (Å²) < 4.78 is 4.85. The first-order valence-corrected chi connectivity index (χ1v) is 5.29. The molecule has 84 valence electrons. The van der Waals surface area contributed by atoms with Gasteiger partial charge in [0.2, 0.25) is 0 Å². The zero-order valence-corrected chi connectivity index (χ0v) is 9.17. The lowest BCUT2D eigenvalue weighted by atomic mass is 9.64. The maximum absolute atomic E-state index is 11.8. The summed E-state index contributed by atoms with van der Waals surface area (Å²) in [5.41, 5.74) is -1.14. The van der Waals surface area contributed by atoms with Crippen molar-refractivity contribution in [3.63, 3.8) is 0 Å². The van der Waals surface area contributed by atoms with Gasteiger partial charge in [-0.05, 0) is 13.3 Å². The second kappa shape index (κ2) is 4.55. The molecule has 15 heavy (non-hydrogen) atoms. The minimum Gasteiger partial charge on any atom is -0.465 e. The molecule has 1 aliphatic rings. The van der Waals surface area contributed by atoms with E-state index in [1.165, 1.54) is 0 Å². The molecule has 0 atom stereocenters. The van der Waals surface area contributed by atoms with Crippen molar-refractivity contribution in [2.75, 3.05) is 6.61 Å². The number of ether oxygens (including phenoxy) is 1. The lowest BCUT2D eigenvalue weighted by Crippen LogP contribution is -2.51. The molecule has 0 saturated heterocycles. The van der Waals surface area contributed by atoms with Crippen LogP contribution < -0.4 is 0 Å². The van der Waals surface area contributed by atoms with Gasteiger partial charge in [-0.15, -0.1) is 0 Å². The topological polar surface area (TPSA) is 60.4 Å². The molecule has 0 aliphatic heterocycles. The van der Waals surface area contributed by atoms with Crippen LogP contribution in [0.5, 0.6) is 0 Å². The van der Waals surface area contributed by atoms with Gasteiger partial charge in [0.15, 0.2) is 5.78 Å². The molecule has 0 aromatic carbocycles. The van der Waals surface area contributed by atoms with E-state index in [0.717, 1.165) is 0 Å². The molecule has 0 radical (unpaired) electrons. The Morgan fingerprint density at radius 2 is 1.93 bits per heavy atom. The molecule has 1 fully saturated rings. The van der Waals surface area contributed by atoms with Gasteiger partial charge < -0.3 is 4.74 Å². The smallest absolute Gasteiger partial charge is 0.320 e. The fourth-order valence-electron chi connectivity index (χ4n) is 1.81. The van der Waals surface area contributed by atoms with Gasteiger partial charge in [0.25, 0.3) is 0 Å². The average Bonchev–Trinajstić information content (AvgIpc) is 2.13. The number of Topliss-reactive ketones (excluding diaryl/α,β-unsaturated/α-hetero) is 2. The van der Waals surface area contributed by atoms with Gasteiger partial charge in [0, 0.05) is 19.3 Å². The number of rotatable bonds is 5. The van der Waals surface area contributed by atoms with E-state index in [9.17, 15) is 14.4 Å². The highest BCUT2D eigenvalue weighted by molar-refractivity contribution is 6.14. The molecule has 0 aromatic heterocycles. The van der Waals surface area contributed by atoms with Gasteiger partial charge in [0.1, 0.15) is 11.2 Å². The average molecular weight is 212 g/mol. The van der Waals surface area contributed by atoms with E-state index < -0.39 is 11.4 Å². The fraction of sp³-hybridized carbons (Fsp3) is 0.727. The largest absolute Gasteiger partial charge is 0.465 e. The number of hydrogen-bond donors (Lipinski definition) is 0. The second-order valence-corrected chi connectivity index (χ2v) is 3.87. The van der Waals surface area contributed by atoms with Gasteiger partial charge in [-0.2, -0.15) is 0 Å². The first kappa shape index (κ1) is 11.9. The molecule has 1 aliphatic carbocycles. The van der Waals surface area contributed by atoms with Crippen LogP contribution in [0.25, 0.3) is 0 Å². The van der Waals surface area contributed by atoms with E-state index in [1.54, 1.807) is 6.92 Å². The lowest BCUT2D eigenvalue weighted by molar-refractivity contribution is -0.170. The van der Waals surface area contributed by atoms with Gasteiger partial charge in [-0.1, -0.05) is 6.92 Å². The second-order valence-electron chi connectivity index (χ2n) is 3.87. The van der Waals surface area contributed by atoms with Crippen LogP contribution in [-0.4, -0.2) is 24.1 Å². The van der Waals surface area contributed by atoms with Crippen molar-refractivity contribution in [1.29, 1.82) is 0 Å². The van der Waals surface area contributed by atoms with Crippen LogP contribution in [0.2, 0.25) is 0 Å². The van der Waals surface area contributed by atoms with E-state index in [0.29, 0.717) is 12.8 Å². The fourth-order valence-corrected chi connectivity index (χ4v) is 1.81. The summed E-state index contributed by atoms with van der Waals surface area (Å²) >= 11 is 0. The molecular weight excluding hydrogens is 196 g/mol. The Morgan fingerprint density at radius 1 is 1.33 bits per heavy atom. The molecule has 0 bridgehead atoms. The normalized spacial score (nSPS) is 18.1. The molecule has 0 aromatic rings. The van der Waals surface area contributed by atoms with Crippen LogP contribution in [0.4, 0.5) is 0 Å². The number of esters is 1. The summed E-state index contributed by atoms with van der Waals surface area (Å²) in [6.45, 7) is 3.81. The van der Waals surface area contributed by atoms with Crippen molar-refractivity contribution in [3.8, 4) is 0 Å². The van der Waals surface area contributed by atoms with E-state index in [-0.39, 0.29) is 31.0 Å². The molecule has 1 saturated carbocycles. The van der Waals surface area contributed by atoms with Gasteiger partial charge in [0.05, 0.1) is 6.61 Å². The van der Waals surface area contributed by atoms with Gasteiger partial charge in [-0.3, -0.25) is 14.4 Å². The van der Waals surface area contributed by atoms with Crippen LogP contribution in [0.1, 0.15) is 39.5 Å². The highest BCUT2D eigenvalue weighted by Gasteiger charge is 2.55. The number of carbonyl (C=O) groups is 3. The predicted octanol–water partition coefficient (Wildman–Crippen LogP) is 1.27. The number of ketones is 2. The summed E-state index contributed by atoms with van der Waals surface area (Å²) in [6, 6.07) is 0. The molecule has 0 N–H and O–H groups in total. The van der Waals surface area contributed by atoms with Crippen LogP contribution in [0.15, 0.2) is 0 Å². The highest BCUT2D eigenvalue weighted by Crippen LogP contribution is 2.41. The van der Waals surface area contributed by atoms with E-state index >= 15 is 0 Å². The summed E-state index contributed by atoms with van der Waals surface area (Å²) in [4.78, 5) is 34.3. The molecule has 1 rings (SSSR count). The van der Waals surface area contributed by atoms with E-state index in [4.69, 9.17) is 4.74 Å². The van der Waals surface area contributed by atoms with Crippen LogP contribution >= 0.6 is 0 Å². The third-order valence-electron chi connectivity index (χ3n) is 2.67. The summed E-state index contributed by atoms with van der Waals surface area (Å²) in [7, 11) is 0. The Hall–Kier alpha value is -1.19. The molecule has 0 spiro atoms. The first-order chi connectivity index (χ1) is 7.06. The molecule has 0 unspecified atom stereocenters. The van der Waals surface area contributed by atoms with Gasteiger partial charge in [-0.25, -0.2) is 0 Å².